The van der Waals surface area contributed by atoms with Crippen LogP contribution in [-0.2, 0) is 9.47 Å². The van der Waals surface area contributed by atoms with Crippen LogP contribution in [0.25, 0.3) is 0 Å². The predicted molar refractivity (Wildman–Crippen MR) is 21.4 cm³/mol. The third-order valence-corrected chi connectivity index (χ3v) is 0.744. The van der Waals surface area contributed by atoms with Crippen molar-refractivity contribution in [1.82, 2.24) is 0 Å². The van der Waals surface area contributed by atoms with Gasteiger partial charge in [0.05, 0.1) is 13.2 Å². The molecule has 6 heavy (non-hydrogen) atoms. The van der Waals surface area contributed by atoms with Crippen molar-refractivity contribution >= 4 is 0 Å². The summed E-state index contributed by atoms with van der Waals surface area (Å²) in [6.45, 7) is 2.25. The molecule has 1 aliphatic rings. The fourth-order valence-corrected chi connectivity index (χ4v) is 0.440. The van der Waals surface area contributed by atoms with Crippen molar-refractivity contribution in [3.8, 4) is 0 Å². The molecule has 1 heterocycles. The monoisotopic (exact) mass is 92.1 g/mol. The average molecular weight is 92.1 g/mol. The number of ether oxygens (including phenoxy) is 2. The molecule has 1 rings (SSSR count). The van der Waals surface area contributed by atoms with E-state index in [0.717, 1.165) is 19.6 Å². The molecular formula is C4H8O2. The van der Waals surface area contributed by atoms with E-state index in [1.54, 1.807) is 0 Å². The highest BCUT2D eigenvalue weighted by atomic mass is 16.8. The molecule has 1 saturated heterocycles. The first-order valence-electron chi connectivity index (χ1n) is 2.15. The molecule has 1 aliphatic heterocycles. The highest BCUT2D eigenvalue weighted by Gasteiger charge is 1.94. The van der Waals surface area contributed by atoms with Gasteiger partial charge < -0.3 is 9.47 Å². The highest BCUT2D eigenvalue weighted by Crippen LogP contribution is 1.91. The maximum atomic E-state index is 4.85. The van der Waals surface area contributed by atoms with Crippen LogP contribution in [0, 0.1) is 0 Å². The minimum absolute atomic E-state index is 0.500. The molecule has 0 atom stereocenters. The Hall–Kier alpha value is -0.0800. The molecule has 0 aliphatic carbocycles. The highest BCUT2D eigenvalue weighted by molar-refractivity contribution is 4.34. The Balaban J connectivity index is 2.00. The van der Waals surface area contributed by atoms with Crippen molar-refractivity contribution in [3.05, 3.63) is 0 Å². The summed E-state index contributed by atoms with van der Waals surface area (Å²) >= 11 is 0. The van der Waals surface area contributed by atoms with Crippen LogP contribution < -0.4 is 0 Å². The number of hydrogen-bond acceptors (Lipinski definition) is 2. The van der Waals surface area contributed by atoms with Gasteiger partial charge in [0.1, 0.15) is 6.79 Å². The van der Waals surface area contributed by atoms with Crippen LogP contribution in [-0.4, -0.2) is 20.0 Å². The molecule has 36 valence electrons. The van der Waals surface area contributed by atoms with Crippen LogP contribution >= 0.6 is 0 Å². The van der Waals surface area contributed by atoms with E-state index in [-0.39, 0.29) is 0 Å². The summed E-state index contributed by atoms with van der Waals surface area (Å²) in [4.78, 5) is 0. The zero-order chi connectivity index (χ0) is 4.24. The minimum atomic E-state index is 0.500. The zero-order valence-electron chi connectivity index (χ0n) is 3.64. The zero-order valence-corrected chi connectivity index (χ0v) is 3.64. The van der Waals surface area contributed by atoms with Gasteiger partial charge in [0.2, 0.25) is 0 Å². The van der Waals surface area contributed by atoms with Crippen molar-refractivity contribution in [3.63, 3.8) is 0 Å². The lowest BCUT2D eigenvalue weighted by Crippen LogP contribution is -2.11. The third-order valence-electron chi connectivity index (χ3n) is 0.744. The predicted octanol–water partition coefficient (Wildman–Crippen LogP) is 0.381. The summed E-state index contributed by atoms with van der Waals surface area (Å²) in [7, 11) is 0. The Labute approximate surface area is 37.1 Å². The van der Waals surface area contributed by atoms with E-state index in [1.165, 1.54) is 0 Å². The first-order chi connectivity index (χ1) is 3.00. The number of rotatable bonds is 0. The molecular weight excluding hydrogens is 84.0 g/mol. The van der Waals surface area contributed by atoms with Crippen molar-refractivity contribution in [1.29, 1.82) is 0 Å². The van der Waals surface area contributed by atoms with E-state index in [2.05, 4.69) is 0 Å². The second-order valence-corrected chi connectivity index (χ2v) is 1.29. The summed E-state index contributed by atoms with van der Waals surface area (Å²) in [5.41, 5.74) is 0. The molecule has 0 bridgehead atoms. The van der Waals surface area contributed by atoms with Crippen LogP contribution in [0.4, 0.5) is 0 Å². The summed E-state index contributed by atoms with van der Waals surface area (Å²) in [5.74, 6) is 0. The van der Waals surface area contributed by atoms with Gasteiger partial charge in [-0.1, -0.05) is 0 Å². The van der Waals surface area contributed by atoms with E-state index in [1.807, 2.05) is 0 Å². The lowest BCUT2D eigenvalue weighted by molar-refractivity contribution is -0.0963. The Morgan fingerprint density at radius 2 is 1.67 bits per heavy atom. The van der Waals surface area contributed by atoms with Crippen LogP contribution in [0.5, 0.6) is 0 Å². The molecule has 2 nitrogen and oxygen atoms in total. The maximum Gasteiger partial charge on any atom is 0.146 e. The molecule has 0 saturated carbocycles. The summed E-state index contributed by atoms with van der Waals surface area (Å²) < 4.78 is 9.69. The minimum Gasteiger partial charge on any atom is -0.355 e. The maximum absolute atomic E-state index is 4.85. The van der Waals surface area contributed by atoms with E-state index < -0.39 is 0 Å². The van der Waals surface area contributed by atoms with E-state index in [4.69, 9.17) is 9.47 Å². The molecule has 0 aromatic rings. The molecule has 0 spiro atoms. The second kappa shape index (κ2) is 2.16. The Morgan fingerprint density at radius 3 is 1.83 bits per heavy atom. The molecule has 0 N–H and O–H groups in total. The average Bonchev–Trinajstić information content (AvgIpc) is 1.72. The van der Waals surface area contributed by atoms with Crippen LogP contribution in [0.1, 0.15) is 6.42 Å². The van der Waals surface area contributed by atoms with Crippen molar-refractivity contribution in [2.75, 3.05) is 20.0 Å². The Kier molecular flexibility index (Phi) is 1.47. The van der Waals surface area contributed by atoms with E-state index in [0.29, 0.717) is 6.79 Å². The van der Waals surface area contributed by atoms with Crippen LogP contribution in [0.3, 0.4) is 0 Å². The molecule has 0 radical (unpaired) electrons. The summed E-state index contributed by atoms with van der Waals surface area (Å²) in [6, 6.07) is 0. The Morgan fingerprint density at radius 1 is 1.00 bits per heavy atom. The molecule has 0 unspecified atom stereocenters. The first kappa shape index (κ1) is 4.09. The third kappa shape index (κ3) is 0.954. The fourth-order valence-electron chi connectivity index (χ4n) is 0.440. The smallest absolute Gasteiger partial charge is 0.146 e. The first-order valence-corrected chi connectivity index (χ1v) is 2.15. The van der Waals surface area contributed by atoms with Gasteiger partial charge in [-0.3, -0.25) is 0 Å². The summed E-state index contributed by atoms with van der Waals surface area (Å²) in [6.07, 6.45) is 1.06. The molecule has 2 heteroatoms. The van der Waals surface area contributed by atoms with Gasteiger partial charge >= 0.3 is 0 Å². The van der Waals surface area contributed by atoms with Crippen molar-refractivity contribution < 1.29 is 9.47 Å². The van der Waals surface area contributed by atoms with Gasteiger partial charge in [0.15, 0.2) is 0 Å². The SMILES string of the molecule is [13CH2]1[13CH2]O[13CH2]O[13CH2]1. The van der Waals surface area contributed by atoms with Gasteiger partial charge in [-0.2, -0.15) is 0 Å². The van der Waals surface area contributed by atoms with Crippen LogP contribution in [0.2, 0.25) is 0 Å². The van der Waals surface area contributed by atoms with Crippen molar-refractivity contribution in [2.24, 2.45) is 0 Å². The largest absolute Gasteiger partial charge is 0.355 e. The van der Waals surface area contributed by atoms with Gasteiger partial charge in [-0.25, -0.2) is 0 Å². The quantitative estimate of drug-likeness (QED) is 0.402. The van der Waals surface area contributed by atoms with Gasteiger partial charge in [0.25, 0.3) is 0 Å². The second-order valence-electron chi connectivity index (χ2n) is 1.29. The van der Waals surface area contributed by atoms with Crippen LogP contribution in [0.15, 0.2) is 0 Å². The normalized spacial score (nSPS) is 24.0. The molecule has 0 aromatic carbocycles. The number of hydrogen-bond donors (Lipinski definition) is 0. The fraction of sp³-hybridized carbons (Fsp3) is 1.00. The molecule has 0 aromatic heterocycles. The van der Waals surface area contributed by atoms with Gasteiger partial charge in [-0.05, 0) is 6.42 Å². The van der Waals surface area contributed by atoms with E-state index in [9.17, 15) is 0 Å². The topological polar surface area (TPSA) is 18.5 Å². The lowest BCUT2D eigenvalue weighted by Gasteiger charge is -2.09. The van der Waals surface area contributed by atoms with Gasteiger partial charge in [0, 0.05) is 0 Å². The van der Waals surface area contributed by atoms with Gasteiger partial charge in [-0.15, -0.1) is 0 Å². The standard InChI is InChI=1S/C4H8O2/c1-2-5-4-6-3-1/h1-4H2/i1+1,2+1,3+1,4+1. The molecule has 1 fully saturated rings. The lowest BCUT2D eigenvalue weighted by atomic mass is 11.4. The Bertz CT molecular complexity index is 21.0. The van der Waals surface area contributed by atoms with E-state index >= 15 is 0 Å². The van der Waals surface area contributed by atoms with Crippen molar-refractivity contribution in [2.45, 2.75) is 6.42 Å². The molecule has 0 amide bonds. The summed E-state index contributed by atoms with van der Waals surface area (Å²) in [5, 5.41) is 0.